The molecule has 1 amide bonds. The number of carbonyl (C=O) groups excluding carboxylic acids is 1. The third-order valence-corrected chi connectivity index (χ3v) is 4.73. The van der Waals surface area contributed by atoms with E-state index in [9.17, 15) is 22.8 Å². The molecule has 0 aliphatic rings. The lowest BCUT2D eigenvalue weighted by atomic mass is 9.97. The van der Waals surface area contributed by atoms with E-state index >= 15 is 0 Å². The van der Waals surface area contributed by atoms with Crippen LogP contribution in [0.1, 0.15) is 15.9 Å². The van der Waals surface area contributed by atoms with Gasteiger partial charge in [0.05, 0.1) is 5.56 Å². The Bertz CT molecular complexity index is 1310. The highest BCUT2D eigenvalue weighted by atomic mass is 19.4. The van der Waals surface area contributed by atoms with E-state index in [0.29, 0.717) is 10.9 Å². The molecule has 0 aliphatic carbocycles. The first kappa shape index (κ1) is 19.4. The largest absolute Gasteiger partial charge is 0.417 e. The van der Waals surface area contributed by atoms with E-state index in [4.69, 9.17) is 0 Å². The van der Waals surface area contributed by atoms with Gasteiger partial charge in [-0.05, 0) is 29.8 Å². The van der Waals surface area contributed by atoms with Crippen LogP contribution >= 0.6 is 0 Å². The SMILES string of the molecule is O=C(Nc1ccccc1-c1ccccc1C(F)(F)F)c1c[nH]c2ccccc2c1=O. The number of hydrogen-bond donors (Lipinski definition) is 2. The van der Waals surface area contributed by atoms with Crippen molar-refractivity contribution in [3.8, 4) is 11.1 Å². The maximum absolute atomic E-state index is 13.5. The van der Waals surface area contributed by atoms with Crippen LogP contribution in [0.25, 0.3) is 22.0 Å². The van der Waals surface area contributed by atoms with Gasteiger partial charge >= 0.3 is 6.18 Å². The summed E-state index contributed by atoms with van der Waals surface area (Å²) in [4.78, 5) is 28.4. The Hall–Kier alpha value is -3.87. The van der Waals surface area contributed by atoms with Gasteiger partial charge in [0.1, 0.15) is 5.56 Å². The van der Waals surface area contributed by atoms with Crippen molar-refractivity contribution in [3.63, 3.8) is 0 Å². The average Bonchev–Trinajstić information content (AvgIpc) is 2.74. The topological polar surface area (TPSA) is 62.0 Å². The summed E-state index contributed by atoms with van der Waals surface area (Å²) in [7, 11) is 0. The molecule has 1 heterocycles. The normalized spacial score (nSPS) is 11.4. The van der Waals surface area contributed by atoms with Gasteiger partial charge in [0, 0.05) is 28.4 Å². The molecule has 4 rings (SSSR count). The molecular weight excluding hydrogens is 393 g/mol. The van der Waals surface area contributed by atoms with Gasteiger partial charge in [-0.3, -0.25) is 9.59 Å². The molecule has 4 nitrogen and oxygen atoms in total. The minimum absolute atomic E-state index is 0.0617. The zero-order chi connectivity index (χ0) is 21.3. The Morgan fingerprint density at radius 3 is 2.23 bits per heavy atom. The minimum atomic E-state index is -4.55. The van der Waals surface area contributed by atoms with Gasteiger partial charge in [0.2, 0.25) is 5.43 Å². The molecule has 0 radical (unpaired) electrons. The van der Waals surface area contributed by atoms with Gasteiger partial charge in [0.15, 0.2) is 0 Å². The first-order chi connectivity index (χ1) is 14.4. The number of para-hydroxylation sites is 2. The van der Waals surface area contributed by atoms with Gasteiger partial charge in [-0.15, -0.1) is 0 Å². The van der Waals surface area contributed by atoms with E-state index in [1.54, 1.807) is 36.4 Å². The maximum Gasteiger partial charge on any atom is 0.417 e. The van der Waals surface area contributed by atoms with Crippen molar-refractivity contribution in [1.82, 2.24) is 4.98 Å². The number of aromatic nitrogens is 1. The number of fused-ring (bicyclic) bond motifs is 1. The molecule has 3 aromatic carbocycles. The summed E-state index contributed by atoms with van der Waals surface area (Å²) in [5, 5.41) is 2.93. The Kier molecular flexibility index (Phi) is 4.87. The van der Waals surface area contributed by atoms with Gasteiger partial charge in [-0.25, -0.2) is 0 Å². The molecular formula is C23H15F3N2O2. The van der Waals surface area contributed by atoms with Crippen LogP contribution in [-0.2, 0) is 6.18 Å². The molecule has 30 heavy (non-hydrogen) atoms. The summed E-state index contributed by atoms with van der Waals surface area (Å²) in [5.74, 6) is -0.709. The number of amides is 1. The van der Waals surface area contributed by atoms with Crippen LogP contribution in [0.4, 0.5) is 18.9 Å². The van der Waals surface area contributed by atoms with E-state index < -0.39 is 23.1 Å². The highest BCUT2D eigenvalue weighted by Crippen LogP contribution is 2.39. The van der Waals surface area contributed by atoms with Gasteiger partial charge < -0.3 is 10.3 Å². The molecule has 0 bridgehead atoms. The third-order valence-electron chi connectivity index (χ3n) is 4.73. The lowest BCUT2D eigenvalue weighted by molar-refractivity contribution is -0.137. The summed E-state index contributed by atoms with van der Waals surface area (Å²) >= 11 is 0. The zero-order valence-electron chi connectivity index (χ0n) is 15.5. The van der Waals surface area contributed by atoms with Gasteiger partial charge in [0.25, 0.3) is 5.91 Å². The predicted molar refractivity (Wildman–Crippen MR) is 109 cm³/mol. The number of alkyl halides is 3. The van der Waals surface area contributed by atoms with Crippen molar-refractivity contribution in [2.24, 2.45) is 0 Å². The number of pyridine rings is 1. The standard InChI is InChI=1S/C23H15F3N2O2/c24-23(25,26)18-10-4-1-7-14(18)15-8-2-6-12-20(15)28-22(30)17-13-27-19-11-5-3-9-16(19)21(17)29/h1-13H,(H,27,29)(H,28,30). The maximum atomic E-state index is 13.5. The second kappa shape index (κ2) is 7.51. The molecule has 0 saturated carbocycles. The highest BCUT2D eigenvalue weighted by molar-refractivity contribution is 6.07. The van der Waals surface area contributed by atoms with E-state index in [-0.39, 0.29) is 22.4 Å². The van der Waals surface area contributed by atoms with E-state index in [2.05, 4.69) is 10.3 Å². The fourth-order valence-electron chi connectivity index (χ4n) is 3.32. The van der Waals surface area contributed by atoms with E-state index in [0.717, 1.165) is 6.07 Å². The van der Waals surface area contributed by atoms with Crippen LogP contribution < -0.4 is 10.7 Å². The van der Waals surface area contributed by atoms with Crippen LogP contribution in [0.3, 0.4) is 0 Å². The van der Waals surface area contributed by atoms with Crippen molar-refractivity contribution in [1.29, 1.82) is 0 Å². The van der Waals surface area contributed by atoms with Crippen molar-refractivity contribution < 1.29 is 18.0 Å². The Morgan fingerprint density at radius 2 is 1.47 bits per heavy atom. The molecule has 0 spiro atoms. The number of anilines is 1. The molecule has 0 unspecified atom stereocenters. The van der Waals surface area contributed by atoms with Crippen molar-refractivity contribution in [2.45, 2.75) is 6.18 Å². The third kappa shape index (κ3) is 3.57. The smallest absolute Gasteiger partial charge is 0.360 e. The van der Waals surface area contributed by atoms with Crippen LogP contribution in [-0.4, -0.2) is 10.9 Å². The number of benzene rings is 3. The first-order valence-electron chi connectivity index (χ1n) is 9.03. The fraction of sp³-hybridized carbons (Fsp3) is 0.0435. The summed E-state index contributed by atoms with van der Waals surface area (Å²) in [6.07, 6.45) is -3.25. The molecule has 0 saturated heterocycles. The predicted octanol–water partition coefficient (Wildman–Crippen LogP) is 5.47. The summed E-state index contributed by atoms with van der Waals surface area (Å²) in [5.41, 5.74) is -0.507. The van der Waals surface area contributed by atoms with Crippen LogP contribution in [0, 0.1) is 0 Å². The zero-order valence-corrected chi connectivity index (χ0v) is 15.5. The summed E-state index contributed by atoms with van der Waals surface area (Å²) < 4.78 is 40.4. The lowest BCUT2D eigenvalue weighted by Crippen LogP contribution is -2.22. The van der Waals surface area contributed by atoms with E-state index in [1.807, 2.05) is 0 Å². The van der Waals surface area contributed by atoms with Crippen molar-refractivity contribution in [2.75, 3.05) is 5.32 Å². The molecule has 7 heteroatoms. The number of hydrogen-bond acceptors (Lipinski definition) is 2. The Balaban J connectivity index is 1.76. The molecule has 0 atom stereocenters. The van der Waals surface area contributed by atoms with Crippen molar-refractivity contribution >= 4 is 22.5 Å². The van der Waals surface area contributed by atoms with E-state index in [1.165, 1.54) is 36.5 Å². The number of carbonyl (C=O) groups is 1. The Labute approximate surface area is 169 Å². The molecule has 1 aromatic heterocycles. The number of rotatable bonds is 3. The number of H-pyrrole nitrogens is 1. The van der Waals surface area contributed by atoms with Crippen LogP contribution in [0.5, 0.6) is 0 Å². The molecule has 2 N–H and O–H groups in total. The monoisotopic (exact) mass is 408 g/mol. The Morgan fingerprint density at radius 1 is 0.833 bits per heavy atom. The van der Waals surface area contributed by atoms with Crippen LogP contribution in [0.15, 0.2) is 83.8 Å². The minimum Gasteiger partial charge on any atom is -0.360 e. The molecule has 4 aromatic rings. The second-order valence-electron chi connectivity index (χ2n) is 6.62. The highest BCUT2D eigenvalue weighted by Gasteiger charge is 2.33. The summed E-state index contributed by atoms with van der Waals surface area (Å²) in [6.45, 7) is 0. The van der Waals surface area contributed by atoms with Gasteiger partial charge in [-0.1, -0.05) is 48.5 Å². The van der Waals surface area contributed by atoms with Crippen molar-refractivity contribution in [3.05, 3.63) is 100 Å². The number of aromatic amines is 1. The van der Waals surface area contributed by atoms with Gasteiger partial charge in [-0.2, -0.15) is 13.2 Å². The fourth-order valence-corrected chi connectivity index (χ4v) is 3.32. The lowest BCUT2D eigenvalue weighted by Gasteiger charge is -2.16. The number of halogens is 3. The first-order valence-corrected chi connectivity index (χ1v) is 9.03. The molecule has 0 aliphatic heterocycles. The quantitative estimate of drug-likeness (QED) is 0.472. The second-order valence-corrected chi connectivity index (χ2v) is 6.62. The summed E-state index contributed by atoms with van der Waals surface area (Å²) in [6, 6.07) is 18.1. The average molecular weight is 408 g/mol. The molecule has 0 fully saturated rings. The van der Waals surface area contributed by atoms with Crippen LogP contribution in [0.2, 0.25) is 0 Å². The molecule has 150 valence electrons. The number of nitrogens with one attached hydrogen (secondary N) is 2.